The predicted molar refractivity (Wildman–Crippen MR) is 80.4 cm³/mol. The fourth-order valence-electron chi connectivity index (χ4n) is 2.45. The van der Waals surface area contributed by atoms with Crippen molar-refractivity contribution in [2.75, 3.05) is 6.54 Å². The number of halogens is 1. The average molecular weight is 290 g/mol. The normalized spacial score (nSPS) is 16.2. The molecule has 1 atom stereocenters. The molecule has 1 aromatic carbocycles. The van der Waals surface area contributed by atoms with E-state index in [1.54, 1.807) is 23.5 Å². The van der Waals surface area contributed by atoms with Crippen molar-refractivity contribution < 1.29 is 4.39 Å². The Bertz CT molecular complexity index is 537. The third kappa shape index (κ3) is 3.87. The molecular formula is C16H19FN2S. The van der Waals surface area contributed by atoms with Crippen molar-refractivity contribution in [1.82, 2.24) is 10.3 Å². The van der Waals surface area contributed by atoms with Gasteiger partial charge in [-0.15, -0.1) is 11.3 Å². The van der Waals surface area contributed by atoms with Crippen molar-refractivity contribution >= 4 is 11.3 Å². The molecule has 20 heavy (non-hydrogen) atoms. The zero-order valence-electron chi connectivity index (χ0n) is 11.4. The van der Waals surface area contributed by atoms with Crippen LogP contribution in [-0.2, 0) is 12.8 Å². The lowest BCUT2D eigenvalue weighted by atomic mass is 9.94. The predicted octanol–water partition coefficient (Wildman–Crippen LogP) is 3.44. The Labute approximate surface area is 123 Å². The second-order valence-electron chi connectivity index (χ2n) is 5.53. The van der Waals surface area contributed by atoms with Crippen molar-refractivity contribution in [2.24, 2.45) is 5.92 Å². The molecule has 1 aromatic heterocycles. The van der Waals surface area contributed by atoms with Crippen LogP contribution in [0.2, 0.25) is 0 Å². The van der Waals surface area contributed by atoms with E-state index < -0.39 is 0 Å². The van der Waals surface area contributed by atoms with E-state index in [-0.39, 0.29) is 5.82 Å². The molecule has 1 saturated carbocycles. The Kier molecular flexibility index (Phi) is 4.43. The lowest BCUT2D eigenvalue weighted by Crippen LogP contribution is -2.27. The molecule has 0 saturated heterocycles. The smallest absolute Gasteiger partial charge is 0.126 e. The maximum atomic E-state index is 13.8. The molecule has 0 aliphatic heterocycles. The third-order valence-electron chi connectivity index (χ3n) is 3.72. The number of thiazole rings is 1. The highest BCUT2D eigenvalue weighted by Gasteiger charge is 2.22. The first kappa shape index (κ1) is 13.7. The summed E-state index contributed by atoms with van der Waals surface area (Å²) in [6.45, 7) is 0.941. The number of nitrogens with one attached hydrogen (secondary N) is 1. The standard InChI is InChI=1S/C16H19FN2S/c17-16-4-2-1-3-13(16)7-12(9-18-14-5-6-14)8-15-10-20-11-19-15/h1-4,10-12,14,18H,5-9H2. The molecule has 1 aliphatic rings. The van der Waals surface area contributed by atoms with E-state index in [1.165, 1.54) is 12.8 Å². The van der Waals surface area contributed by atoms with Gasteiger partial charge in [0.15, 0.2) is 0 Å². The summed E-state index contributed by atoms with van der Waals surface area (Å²) in [4.78, 5) is 4.36. The molecule has 0 amide bonds. The Morgan fingerprint density at radius 2 is 2.15 bits per heavy atom. The Hall–Kier alpha value is -1.26. The highest BCUT2D eigenvalue weighted by atomic mass is 32.1. The van der Waals surface area contributed by atoms with E-state index in [4.69, 9.17) is 0 Å². The van der Waals surface area contributed by atoms with Gasteiger partial charge in [0, 0.05) is 11.4 Å². The molecule has 0 spiro atoms. The maximum Gasteiger partial charge on any atom is 0.126 e. The van der Waals surface area contributed by atoms with Crippen molar-refractivity contribution in [2.45, 2.75) is 31.7 Å². The fraction of sp³-hybridized carbons (Fsp3) is 0.438. The van der Waals surface area contributed by atoms with Crippen LogP contribution in [0, 0.1) is 11.7 Å². The summed E-state index contributed by atoms with van der Waals surface area (Å²) < 4.78 is 13.8. The Morgan fingerprint density at radius 3 is 2.85 bits per heavy atom. The largest absolute Gasteiger partial charge is 0.314 e. The van der Waals surface area contributed by atoms with Crippen LogP contribution in [0.25, 0.3) is 0 Å². The minimum atomic E-state index is -0.0952. The van der Waals surface area contributed by atoms with Gasteiger partial charge in [0.1, 0.15) is 5.82 Å². The van der Waals surface area contributed by atoms with Crippen molar-refractivity contribution in [1.29, 1.82) is 0 Å². The Morgan fingerprint density at radius 1 is 1.30 bits per heavy atom. The van der Waals surface area contributed by atoms with Crippen LogP contribution in [0.4, 0.5) is 4.39 Å². The van der Waals surface area contributed by atoms with Crippen molar-refractivity contribution in [3.8, 4) is 0 Å². The van der Waals surface area contributed by atoms with Gasteiger partial charge in [0.25, 0.3) is 0 Å². The number of hydrogen-bond acceptors (Lipinski definition) is 3. The minimum Gasteiger partial charge on any atom is -0.314 e. The van der Waals surface area contributed by atoms with Crippen LogP contribution < -0.4 is 5.32 Å². The van der Waals surface area contributed by atoms with Gasteiger partial charge in [-0.05, 0) is 49.8 Å². The zero-order valence-corrected chi connectivity index (χ0v) is 12.2. The van der Waals surface area contributed by atoms with Gasteiger partial charge in [0.05, 0.1) is 11.2 Å². The van der Waals surface area contributed by atoms with Gasteiger partial charge in [-0.3, -0.25) is 0 Å². The van der Waals surface area contributed by atoms with Crippen LogP contribution in [-0.4, -0.2) is 17.6 Å². The quantitative estimate of drug-likeness (QED) is 0.845. The molecule has 2 nitrogen and oxygen atoms in total. The zero-order chi connectivity index (χ0) is 13.8. The SMILES string of the molecule is Fc1ccccc1CC(CNC1CC1)Cc1cscn1. The Balaban J connectivity index is 1.65. The summed E-state index contributed by atoms with van der Waals surface area (Å²) in [5.74, 6) is 0.303. The van der Waals surface area contributed by atoms with Crippen LogP contribution in [0.1, 0.15) is 24.1 Å². The second kappa shape index (κ2) is 6.46. The first-order valence-electron chi connectivity index (χ1n) is 7.15. The number of aromatic nitrogens is 1. The average Bonchev–Trinajstić information content (AvgIpc) is 3.15. The first-order valence-corrected chi connectivity index (χ1v) is 8.09. The summed E-state index contributed by atoms with van der Waals surface area (Å²) in [6, 6.07) is 7.78. The molecule has 106 valence electrons. The fourth-order valence-corrected chi connectivity index (χ4v) is 3.02. The van der Waals surface area contributed by atoms with Crippen LogP contribution >= 0.6 is 11.3 Å². The highest BCUT2D eigenvalue weighted by Crippen LogP contribution is 2.21. The third-order valence-corrected chi connectivity index (χ3v) is 4.36. The van der Waals surface area contributed by atoms with Crippen molar-refractivity contribution in [3.63, 3.8) is 0 Å². The highest BCUT2D eigenvalue weighted by molar-refractivity contribution is 7.07. The van der Waals surface area contributed by atoms with Gasteiger partial charge < -0.3 is 5.32 Å². The van der Waals surface area contributed by atoms with Crippen molar-refractivity contribution in [3.05, 3.63) is 52.2 Å². The molecule has 4 heteroatoms. The van der Waals surface area contributed by atoms with E-state index in [2.05, 4.69) is 15.7 Å². The van der Waals surface area contributed by atoms with Gasteiger partial charge >= 0.3 is 0 Å². The van der Waals surface area contributed by atoms with Gasteiger partial charge in [-0.2, -0.15) is 0 Å². The summed E-state index contributed by atoms with van der Waals surface area (Å²) >= 11 is 1.62. The molecule has 1 heterocycles. The van der Waals surface area contributed by atoms with E-state index in [0.717, 1.165) is 30.6 Å². The van der Waals surface area contributed by atoms with Gasteiger partial charge in [0.2, 0.25) is 0 Å². The van der Waals surface area contributed by atoms with Crippen LogP contribution in [0.5, 0.6) is 0 Å². The summed E-state index contributed by atoms with van der Waals surface area (Å²) in [6.07, 6.45) is 4.24. The summed E-state index contributed by atoms with van der Waals surface area (Å²) in [5.41, 5.74) is 3.79. The number of benzene rings is 1. The van der Waals surface area contributed by atoms with Gasteiger partial charge in [-0.1, -0.05) is 18.2 Å². The van der Waals surface area contributed by atoms with Crippen LogP contribution in [0.15, 0.2) is 35.2 Å². The molecule has 3 rings (SSSR count). The number of hydrogen-bond donors (Lipinski definition) is 1. The van der Waals surface area contributed by atoms with Crippen LogP contribution in [0.3, 0.4) is 0 Å². The second-order valence-corrected chi connectivity index (χ2v) is 6.25. The molecule has 1 unspecified atom stereocenters. The molecule has 0 bridgehead atoms. The molecule has 1 fully saturated rings. The number of nitrogens with zero attached hydrogens (tertiary/aromatic N) is 1. The molecular weight excluding hydrogens is 271 g/mol. The summed E-state index contributed by atoms with van der Waals surface area (Å²) in [7, 11) is 0. The van der Waals surface area contributed by atoms with E-state index in [9.17, 15) is 4.39 Å². The molecule has 0 radical (unpaired) electrons. The lowest BCUT2D eigenvalue weighted by molar-refractivity contribution is 0.456. The minimum absolute atomic E-state index is 0.0952. The van der Waals surface area contributed by atoms with E-state index >= 15 is 0 Å². The molecule has 2 aromatic rings. The lowest BCUT2D eigenvalue weighted by Gasteiger charge is -2.17. The van der Waals surface area contributed by atoms with Gasteiger partial charge in [-0.25, -0.2) is 9.37 Å². The first-order chi connectivity index (χ1) is 9.81. The number of rotatable bonds is 7. The topological polar surface area (TPSA) is 24.9 Å². The maximum absolute atomic E-state index is 13.8. The molecule has 1 aliphatic carbocycles. The summed E-state index contributed by atoms with van der Waals surface area (Å²) in [5, 5.41) is 5.65. The molecule has 1 N–H and O–H groups in total. The van der Waals surface area contributed by atoms with E-state index in [1.807, 2.05) is 17.6 Å². The monoisotopic (exact) mass is 290 g/mol. The van der Waals surface area contributed by atoms with E-state index in [0.29, 0.717) is 12.0 Å².